The highest BCUT2D eigenvalue weighted by Crippen LogP contribution is 2.31. The zero-order chi connectivity index (χ0) is 18.8. The van der Waals surface area contributed by atoms with Crippen LogP contribution >= 0.6 is 0 Å². The van der Waals surface area contributed by atoms with Crippen LogP contribution in [0.25, 0.3) is 0 Å². The zero-order valence-corrected chi connectivity index (χ0v) is 15.3. The number of aliphatic hydroxyl groups excluding tert-OH is 1. The van der Waals surface area contributed by atoms with Crippen LogP contribution in [0.4, 0.5) is 5.69 Å². The molecule has 1 atom stereocenters. The van der Waals surface area contributed by atoms with Gasteiger partial charge in [0.05, 0.1) is 11.5 Å². The Bertz CT molecular complexity index is 762. The highest BCUT2D eigenvalue weighted by Gasteiger charge is 2.23. The van der Waals surface area contributed by atoms with Crippen LogP contribution in [0.3, 0.4) is 0 Å². The van der Waals surface area contributed by atoms with Gasteiger partial charge in [0.25, 0.3) is 0 Å². The SMILES string of the molecule is Cc1nn(CC(O)COc2ccccc2C(C)(C)C)c(C)c1[N+](=O)[O-]. The highest BCUT2D eigenvalue weighted by atomic mass is 16.6. The summed E-state index contributed by atoms with van der Waals surface area (Å²) in [6.45, 7) is 9.73. The van der Waals surface area contributed by atoms with Crippen molar-refractivity contribution in [3.05, 3.63) is 51.3 Å². The smallest absolute Gasteiger partial charge is 0.312 e. The zero-order valence-electron chi connectivity index (χ0n) is 15.3. The van der Waals surface area contributed by atoms with Crippen LogP contribution in [-0.4, -0.2) is 32.5 Å². The summed E-state index contributed by atoms with van der Waals surface area (Å²) >= 11 is 0. The molecule has 0 aliphatic carbocycles. The molecule has 0 fully saturated rings. The molecular weight excluding hydrogens is 322 g/mol. The minimum Gasteiger partial charge on any atom is -0.491 e. The third kappa shape index (κ3) is 4.36. The van der Waals surface area contributed by atoms with Gasteiger partial charge in [-0.15, -0.1) is 0 Å². The Morgan fingerprint density at radius 2 is 1.96 bits per heavy atom. The lowest BCUT2D eigenvalue weighted by Gasteiger charge is -2.23. The van der Waals surface area contributed by atoms with E-state index in [9.17, 15) is 15.2 Å². The van der Waals surface area contributed by atoms with Crippen LogP contribution < -0.4 is 4.74 Å². The molecule has 0 spiro atoms. The van der Waals surface area contributed by atoms with Gasteiger partial charge in [0, 0.05) is 0 Å². The highest BCUT2D eigenvalue weighted by molar-refractivity contribution is 5.39. The van der Waals surface area contributed by atoms with E-state index in [4.69, 9.17) is 4.74 Å². The fourth-order valence-electron chi connectivity index (χ4n) is 2.78. The molecule has 2 rings (SSSR count). The van der Waals surface area contributed by atoms with Gasteiger partial charge < -0.3 is 9.84 Å². The Morgan fingerprint density at radius 1 is 1.32 bits per heavy atom. The molecule has 1 aromatic heterocycles. The molecule has 0 saturated carbocycles. The van der Waals surface area contributed by atoms with Crippen molar-refractivity contribution in [1.82, 2.24) is 9.78 Å². The summed E-state index contributed by atoms with van der Waals surface area (Å²) in [5, 5.41) is 25.5. The first-order chi connectivity index (χ1) is 11.6. The van der Waals surface area contributed by atoms with E-state index in [0.29, 0.717) is 11.4 Å². The minimum absolute atomic E-state index is 0.00815. The van der Waals surface area contributed by atoms with Gasteiger partial charge in [0.1, 0.15) is 29.8 Å². The Balaban J connectivity index is 2.07. The van der Waals surface area contributed by atoms with Crippen LogP contribution in [0, 0.1) is 24.0 Å². The lowest BCUT2D eigenvalue weighted by atomic mass is 9.86. The Morgan fingerprint density at radius 3 is 2.52 bits per heavy atom. The van der Waals surface area contributed by atoms with Crippen molar-refractivity contribution in [3.8, 4) is 5.75 Å². The van der Waals surface area contributed by atoms with Crippen molar-refractivity contribution in [1.29, 1.82) is 0 Å². The van der Waals surface area contributed by atoms with Crippen molar-refractivity contribution in [3.63, 3.8) is 0 Å². The summed E-state index contributed by atoms with van der Waals surface area (Å²) in [6.07, 6.45) is -0.828. The van der Waals surface area contributed by atoms with E-state index in [2.05, 4.69) is 25.9 Å². The van der Waals surface area contributed by atoms with Gasteiger partial charge >= 0.3 is 5.69 Å². The number of nitrogens with zero attached hydrogens (tertiary/aromatic N) is 3. The van der Waals surface area contributed by atoms with Gasteiger partial charge in [-0.1, -0.05) is 39.0 Å². The van der Waals surface area contributed by atoms with Gasteiger partial charge in [-0.3, -0.25) is 14.8 Å². The second-order valence-electron chi connectivity index (χ2n) is 7.17. The van der Waals surface area contributed by atoms with Crippen molar-refractivity contribution < 1.29 is 14.8 Å². The summed E-state index contributed by atoms with van der Waals surface area (Å²) in [5.41, 5.74) is 1.75. The predicted molar refractivity (Wildman–Crippen MR) is 95.0 cm³/mol. The number of aliphatic hydroxyl groups is 1. The van der Waals surface area contributed by atoms with Crippen LogP contribution in [0.5, 0.6) is 5.75 Å². The van der Waals surface area contributed by atoms with Gasteiger partial charge in [0.15, 0.2) is 0 Å². The molecule has 1 aromatic carbocycles. The average molecular weight is 347 g/mol. The Kier molecular flexibility index (Phi) is 5.47. The lowest BCUT2D eigenvalue weighted by Crippen LogP contribution is -2.25. The summed E-state index contributed by atoms with van der Waals surface area (Å²) in [5.74, 6) is 0.730. The molecule has 1 N–H and O–H groups in total. The van der Waals surface area contributed by atoms with Gasteiger partial charge in [0.2, 0.25) is 0 Å². The minimum atomic E-state index is -0.828. The Hall–Kier alpha value is -2.41. The number of aryl methyl sites for hydroxylation is 1. The van der Waals surface area contributed by atoms with E-state index in [-0.39, 0.29) is 24.3 Å². The van der Waals surface area contributed by atoms with Crippen LogP contribution in [0.1, 0.15) is 37.7 Å². The van der Waals surface area contributed by atoms with Crippen LogP contribution in [0.2, 0.25) is 0 Å². The largest absolute Gasteiger partial charge is 0.491 e. The number of hydrogen-bond donors (Lipinski definition) is 1. The van der Waals surface area contributed by atoms with Crippen molar-refractivity contribution in [2.24, 2.45) is 0 Å². The monoisotopic (exact) mass is 347 g/mol. The average Bonchev–Trinajstić information content (AvgIpc) is 2.78. The lowest BCUT2D eigenvalue weighted by molar-refractivity contribution is -0.386. The van der Waals surface area contributed by atoms with Crippen molar-refractivity contribution >= 4 is 5.69 Å². The molecule has 0 radical (unpaired) electrons. The first-order valence-electron chi connectivity index (χ1n) is 8.20. The van der Waals surface area contributed by atoms with Gasteiger partial charge in [-0.2, -0.15) is 5.10 Å². The topological polar surface area (TPSA) is 90.4 Å². The molecule has 0 amide bonds. The summed E-state index contributed by atoms with van der Waals surface area (Å²) in [7, 11) is 0. The molecule has 1 unspecified atom stereocenters. The molecule has 0 bridgehead atoms. The second kappa shape index (κ2) is 7.23. The molecule has 2 aromatic rings. The molecule has 136 valence electrons. The number of benzene rings is 1. The van der Waals surface area contributed by atoms with E-state index in [0.717, 1.165) is 11.3 Å². The molecule has 7 heteroatoms. The molecule has 25 heavy (non-hydrogen) atoms. The quantitative estimate of drug-likeness (QED) is 0.640. The number of hydrogen-bond acceptors (Lipinski definition) is 5. The number of ether oxygens (including phenoxy) is 1. The summed E-state index contributed by atoms with van der Waals surface area (Å²) < 4.78 is 7.25. The third-order valence-electron chi connectivity index (χ3n) is 4.04. The fraction of sp³-hybridized carbons (Fsp3) is 0.500. The van der Waals surface area contributed by atoms with Gasteiger partial charge in [-0.25, -0.2) is 0 Å². The van der Waals surface area contributed by atoms with E-state index < -0.39 is 11.0 Å². The van der Waals surface area contributed by atoms with Crippen LogP contribution in [-0.2, 0) is 12.0 Å². The van der Waals surface area contributed by atoms with Crippen molar-refractivity contribution in [2.75, 3.05) is 6.61 Å². The number of nitro groups is 1. The Labute approximate surface area is 147 Å². The number of aromatic nitrogens is 2. The van der Waals surface area contributed by atoms with Crippen molar-refractivity contribution in [2.45, 2.75) is 52.7 Å². The molecule has 1 heterocycles. The molecule has 0 aliphatic heterocycles. The van der Waals surface area contributed by atoms with E-state index >= 15 is 0 Å². The van der Waals surface area contributed by atoms with Crippen LogP contribution in [0.15, 0.2) is 24.3 Å². The van der Waals surface area contributed by atoms with Gasteiger partial charge in [-0.05, 0) is 30.9 Å². The maximum atomic E-state index is 11.0. The summed E-state index contributed by atoms with van der Waals surface area (Å²) in [4.78, 5) is 10.6. The fourth-order valence-corrected chi connectivity index (χ4v) is 2.78. The first kappa shape index (κ1) is 18.9. The predicted octanol–water partition coefficient (Wildman–Crippen LogP) is 3.15. The second-order valence-corrected chi connectivity index (χ2v) is 7.17. The third-order valence-corrected chi connectivity index (χ3v) is 4.04. The number of rotatable bonds is 6. The molecule has 0 aliphatic rings. The molecular formula is C18H25N3O4. The number of para-hydroxylation sites is 1. The summed E-state index contributed by atoms with van der Waals surface area (Å²) in [6, 6.07) is 7.73. The molecule has 7 nitrogen and oxygen atoms in total. The van der Waals surface area contributed by atoms with E-state index in [1.54, 1.807) is 13.8 Å². The maximum absolute atomic E-state index is 11.0. The normalized spacial score (nSPS) is 12.9. The standard InChI is InChI=1S/C18H25N3O4/c1-12-17(21(23)24)13(2)20(19-12)10-14(22)11-25-16-9-7-6-8-15(16)18(3,4)5/h6-9,14,22H,10-11H2,1-5H3. The van der Waals surface area contributed by atoms with E-state index in [1.165, 1.54) is 4.68 Å². The maximum Gasteiger partial charge on any atom is 0.312 e. The molecule has 0 saturated heterocycles. The van der Waals surface area contributed by atoms with E-state index in [1.807, 2.05) is 24.3 Å². The first-order valence-corrected chi connectivity index (χ1v) is 8.20.